The predicted octanol–water partition coefficient (Wildman–Crippen LogP) is 2.69. The molecule has 2 heterocycles. The van der Waals surface area contributed by atoms with Crippen molar-refractivity contribution in [2.45, 2.75) is 32.8 Å². The first-order valence-electron chi connectivity index (χ1n) is 6.63. The molecule has 0 aliphatic carbocycles. The molecule has 1 saturated heterocycles. The Bertz CT molecular complexity index is 376. The highest BCUT2D eigenvalue weighted by Crippen LogP contribution is 2.30. The fourth-order valence-corrected chi connectivity index (χ4v) is 2.33. The number of hydrogen-bond donors (Lipinski definition) is 1. The Morgan fingerprint density at radius 2 is 2.22 bits per heavy atom. The molecule has 1 unspecified atom stereocenters. The number of halogens is 1. The van der Waals surface area contributed by atoms with E-state index in [2.05, 4.69) is 24.1 Å². The van der Waals surface area contributed by atoms with Crippen molar-refractivity contribution in [3.05, 3.63) is 29.8 Å². The maximum atomic E-state index is 12.8. The van der Waals surface area contributed by atoms with Crippen LogP contribution in [0.25, 0.3) is 0 Å². The van der Waals surface area contributed by atoms with Gasteiger partial charge in [-0.2, -0.15) is 0 Å². The van der Waals surface area contributed by atoms with E-state index in [1.165, 1.54) is 12.3 Å². The molecule has 3 nitrogen and oxygen atoms in total. The second-order valence-corrected chi connectivity index (χ2v) is 5.04. The lowest BCUT2D eigenvalue weighted by Gasteiger charge is -2.29. The van der Waals surface area contributed by atoms with E-state index in [-0.39, 0.29) is 17.3 Å². The van der Waals surface area contributed by atoms with E-state index in [4.69, 9.17) is 4.74 Å². The van der Waals surface area contributed by atoms with Crippen LogP contribution in [-0.4, -0.2) is 24.7 Å². The van der Waals surface area contributed by atoms with Gasteiger partial charge in [-0.3, -0.25) is 4.98 Å². The quantitative estimate of drug-likeness (QED) is 0.898. The van der Waals surface area contributed by atoms with Gasteiger partial charge in [-0.25, -0.2) is 4.39 Å². The van der Waals surface area contributed by atoms with Crippen molar-refractivity contribution in [2.75, 3.05) is 19.7 Å². The van der Waals surface area contributed by atoms with Gasteiger partial charge in [0.1, 0.15) is 11.9 Å². The SMILES string of the molecule is CCC1(CC)CNCC(c2ccc(F)cn2)OC1. The Hall–Kier alpha value is -1.00. The Morgan fingerprint density at radius 3 is 2.83 bits per heavy atom. The van der Waals surface area contributed by atoms with Crippen LogP contribution in [0.3, 0.4) is 0 Å². The number of aromatic nitrogens is 1. The Morgan fingerprint density at radius 1 is 1.44 bits per heavy atom. The minimum Gasteiger partial charge on any atom is -0.370 e. The van der Waals surface area contributed by atoms with Gasteiger partial charge in [-0.15, -0.1) is 0 Å². The molecule has 100 valence electrons. The summed E-state index contributed by atoms with van der Waals surface area (Å²) in [5, 5.41) is 3.44. The van der Waals surface area contributed by atoms with Gasteiger partial charge in [-0.1, -0.05) is 13.8 Å². The monoisotopic (exact) mass is 252 g/mol. The number of pyridine rings is 1. The molecule has 0 bridgehead atoms. The van der Waals surface area contributed by atoms with Crippen molar-refractivity contribution in [1.29, 1.82) is 0 Å². The van der Waals surface area contributed by atoms with E-state index in [9.17, 15) is 4.39 Å². The third-order valence-corrected chi connectivity index (χ3v) is 4.00. The van der Waals surface area contributed by atoms with Crippen LogP contribution in [0.1, 0.15) is 38.5 Å². The molecule has 4 heteroatoms. The van der Waals surface area contributed by atoms with E-state index in [1.807, 2.05) is 0 Å². The van der Waals surface area contributed by atoms with Crippen LogP contribution in [-0.2, 0) is 4.74 Å². The van der Waals surface area contributed by atoms with E-state index in [0.717, 1.165) is 38.2 Å². The van der Waals surface area contributed by atoms with Crippen molar-refractivity contribution in [2.24, 2.45) is 5.41 Å². The molecule has 1 aromatic heterocycles. The van der Waals surface area contributed by atoms with Crippen LogP contribution >= 0.6 is 0 Å². The first kappa shape index (κ1) is 13.4. The third-order valence-electron chi connectivity index (χ3n) is 4.00. The fraction of sp³-hybridized carbons (Fsp3) is 0.643. The molecule has 18 heavy (non-hydrogen) atoms. The maximum Gasteiger partial charge on any atom is 0.141 e. The average molecular weight is 252 g/mol. The highest BCUT2D eigenvalue weighted by Gasteiger charge is 2.31. The van der Waals surface area contributed by atoms with Crippen LogP contribution in [0.15, 0.2) is 18.3 Å². The smallest absolute Gasteiger partial charge is 0.141 e. The van der Waals surface area contributed by atoms with E-state index < -0.39 is 0 Å². The number of nitrogens with one attached hydrogen (secondary N) is 1. The topological polar surface area (TPSA) is 34.2 Å². The standard InChI is InChI=1S/C14H21FN2O/c1-3-14(4-2)9-16-8-13(18-10-14)12-6-5-11(15)7-17-12/h5-7,13,16H,3-4,8-10H2,1-2H3. The van der Waals surface area contributed by atoms with Crippen LogP contribution in [0.5, 0.6) is 0 Å². The zero-order valence-corrected chi connectivity index (χ0v) is 11.1. The lowest BCUT2D eigenvalue weighted by atomic mass is 9.83. The van der Waals surface area contributed by atoms with Crippen molar-refractivity contribution in [3.63, 3.8) is 0 Å². The minimum absolute atomic E-state index is 0.0782. The van der Waals surface area contributed by atoms with Gasteiger partial charge in [-0.05, 0) is 25.0 Å². The second-order valence-electron chi connectivity index (χ2n) is 5.04. The van der Waals surface area contributed by atoms with Gasteiger partial charge in [0, 0.05) is 18.5 Å². The van der Waals surface area contributed by atoms with Crippen molar-refractivity contribution in [3.8, 4) is 0 Å². The van der Waals surface area contributed by atoms with E-state index in [0.29, 0.717) is 0 Å². The zero-order valence-electron chi connectivity index (χ0n) is 11.1. The second kappa shape index (κ2) is 5.76. The molecule has 1 aromatic rings. The van der Waals surface area contributed by atoms with Crippen molar-refractivity contribution < 1.29 is 9.13 Å². The molecular formula is C14H21FN2O. The van der Waals surface area contributed by atoms with E-state index >= 15 is 0 Å². The van der Waals surface area contributed by atoms with Gasteiger partial charge in [0.25, 0.3) is 0 Å². The van der Waals surface area contributed by atoms with Gasteiger partial charge in [0.2, 0.25) is 0 Å². The first-order chi connectivity index (χ1) is 8.69. The Balaban J connectivity index is 2.07. The highest BCUT2D eigenvalue weighted by molar-refractivity contribution is 5.09. The summed E-state index contributed by atoms with van der Waals surface area (Å²) in [4.78, 5) is 4.10. The summed E-state index contributed by atoms with van der Waals surface area (Å²) >= 11 is 0. The molecule has 0 radical (unpaired) electrons. The summed E-state index contributed by atoms with van der Waals surface area (Å²) < 4.78 is 18.8. The van der Waals surface area contributed by atoms with Gasteiger partial charge >= 0.3 is 0 Å². The normalized spacial score (nSPS) is 23.6. The van der Waals surface area contributed by atoms with Crippen LogP contribution in [0, 0.1) is 11.2 Å². The number of hydrogen-bond acceptors (Lipinski definition) is 3. The van der Waals surface area contributed by atoms with Gasteiger partial charge < -0.3 is 10.1 Å². The van der Waals surface area contributed by atoms with E-state index in [1.54, 1.807) is 6.07 Å². The molecule has 2 rings (SSSR count). The molecule has 1 aliphatic heterocycles. The molecule has 0 spiro atoms. The summed E-state index contributed by atoms with van der Waals surface area (Å²) in [6.45, 7) is 6.84. The Labute approximate surface area is 108 Å². The molecule has 1 atom stereocenters. The Kier molecular flexibility index (Phi) is 4.30. The molecule has 1 N–H and O–H groups in total. The summed E-state index contributed by atoms with van der Waals surface area (Å²) in [5.74, 6) is -0.309. The lowest BCUT2D eigenvalue weighted by Crippen LogP contribution is -2.34. The van der Waals surface area contributed by atoms with Gasteiger partial charge in [0.15, 0.2) is 0 Å². The summed E-state index contributed by atoms with van der Waals surface area (Å²) in [6, 6.07) is 3.13. The lowest BCUT2D eigenvalue weighted by molar-refractivity contribution is 0.00830. The molecule has 1 aliphatic rings. The molecule has 0 aromatic carbocycles. The summed E-state index contributed by atoms with van der Waals surface area (Å²) in [7, 11) is 0. The fourth-order valence-electron chi connectivity index (χ4n) is 2.33. The molecule has 1 fully saturated rings. The first-order valence-corrected chi connectivity index (χ1v) is 6.63. The van der Waals surface area contributed by atoms with Crippen molar-refractivity contribution >= 4 is 0 Å². The van der Waals surface area contributed by atoms with Crippen molar-refractivity contribution in [1.82, 2.24) is 10.3 Å². The average Bonchev–Trinajstić information content (AvgIpc) is 2.63. The minimum atomic E-state index is -0.309. The molecule has 0 amide bonds. The number of ether oxygens (including phenoxy) is 1. The number of nitrogens with zero attached hydrogens (tertiary/aromatic N) is 1. The summed E-state index contributed by atoms with van der Waals surface area (Å²) in [5.41, 5.74) is 1.02. The molecular weight excluding hydrogens is 231 g/mol. The highest BCUT2D eigenvalue weighted by atomic mass is 19.1. The van der Waals surface area contributed by atoms with Gasteiger partial charge in [0.05, 0.1) is 18.5 Å². The predicted molar refractivity (Wildman–Crippen MR) is 68.8 cm³/mol. The zero-order chi connectivity index (χ0) is 13.0. The summed E-state index contributed by atoms with van der Waals surface area (Å²) in [6.07, 6.45) is 3.36. The number of rotatable bonds is 3. The maximum absolute atomic E-state index is 12.8. The van der Waals surface area contributed by atoms with Crippen LogP contribution in [0.2, 0.25) is 0 Å². The largest absolute Gasteiger partial charge is 0.370 e. The molecule has 0 saturated carbocycles. The van der Waals surface area contributed by atoms with Crippen LogP contribution in [0.4, 0.5) is 4.39 Å². The van der Waals surface area contributed by atoms with Crippen LogP contribution < -0.4 is 5.32 Å². The third kappa shape index (κ3) is 2.87.